The molecule has 96 valence electrons. The summed E-state index contributed by atoms with van der Waals surface area (Å²) in [6, 6.07) is 6.57. The highest BCUT2D eigenvalue weighted by Gasteiger charge is 2.15. The second-order valence-corrected chi connectivity index (χ2v) is 7.00. The second-order valence-electron chi connectivity index (χ2n) is 3.70. The van der Waals surface area contributed by atoms with Gasteiger partial charge in [-0.15, -0.1) is 11.6 Å². The van der Waals surface area contributed by atoms with Crippen LogP contribution in [-0.2, 0) is 10.0 Å². The Balaban J connectivity index is 2.69. The van der Waals surface area contributed by atoms with Gasteiger partial charge in [-0.2, -0.15) is 0 Å². The first-order chi connectivity index (χ1) is 7.95. The number of sulfonamides is 1. The van der Waals surface area contributed by atoms with E-state index in [-0.39, 0.29) is 16.8 Å². The van der Waals surface area contributed by atoms with E-state index in [2.05, 4.69) is 20.7 Å². The van der Waals surface area contributed by atoms with Crippen molar-refractivity contribution < 1.29 is 8.42 Å². The lowest BCUT2D eigenvalue weighted by atomic mass is 10.2. The van der Waals surface area contributed by atoms with Gasteiger partial charge in [-0.1, -0.05) is 35.3 Å². The standard InChI is InChI=1S/C11H15BrClNO2S/c1-2-4-10(13)8-14-17(15,16)11-6-3-5-9(12)7-11/h3,5-7,10,14H,2,4,8H2,1H3. The predicted molar refractivity (Wildman–Crippen MR) is 73.9 cm³/mol. The normalized spacial score (nSPS) is 13.6. The molecule has 0 bridgehead atoms. The fourth-order valence-corrected chi connectivity index (χ4v) is 3.40. The Morgan fingerprint density at radius 2 is 2.18 bits per heavy atom. The van der Waals surface area contributed by atoms with E-state index in [4.69, 9.17) is 11.6 Å². The molecule has 0 spiro atoms. The van der Waals surface area contributed by atoms with Crippen LogP contribution in [0, 0.1) is 0 Å². The molecule has 0 saturated carbocycles. The van der Waals surface area contributed by atoms with E-state index >= 15 is 0 Å². The third-order valence-electron chi connectivity index (χ3n) is 2.20. The van der Waals surface area contributed by atoms with Crippen molar-refractivity contribution in [1.29, 1.82) is 0 Å². The van der Waals surface area contributed by atoms with Crippen molar-refractivity contribution in [3.8, 4) is 0 Å². The van der Waals surface area contributed by atoms with Crippen molar-refractivity contribution in [2.75, 3.05) is 6.54 Å². The summed E-state index contributed by atoms with van der Waals surface area (Å²) in [5, 5.41) is -0.165. The Morgan fingerprint density at radius 1 is 1.47 bits per heavy atom. The summed E-state index contributed by atoms with van der Waals surface area (Å²) in [5.74, 6) is 0. The zero-order valence-electron chi connectivity index (χ0n) is 9.49. The molecule has 0 heterocycles. The Morgan fingerprint density at radius 3 is 2.76 bits per heavy atom. The van der Waals surface area contributed by atoms with Gasteiger partial charge in [0.15, 0.2) is 0 Å². The molecule has 0 aliphatic rings. The van der Waals surface area contributed by atoms with E-state index < -0.39 is 10.0 Å². The summed E-state index contributed by atoms with van der Waals surface area (Å²) in [5.41, 5.74) is 0. The number of benzene rings is 1. The maximum Gasteiger partial charge on any atom is 0.240 e. The van der Waals surface area contributed by atoms with Crippen molar-refractivity contribution in [2.45, 2.75) is 30.0 Å². The molecular formula is C11H15BrClNO2S. The van der Waals surface area contributed by atoms with E-state index in [9.17, 15) is 8.42 Å². The average Bonchev–Trinajstić information content (AvgIpc) is 2.27. The highest BCUT2D eigenvalue weighted by atomic mass is 79.9. The summed E-state index contributed by atoms with van der Waals surface area (Å²) in [6.07, 6.45) is 1.73. The zero-order valence-corrected chi connectivity index (χ0v) is 12.6. The van der Waals surface area contributed by atoms with Gasteiger partial charge in [0.25, 0.3) is 0 Å². The average molecular weight is 341 g/mol. The van der Waals surface area contributed by atoms with Crippen LogP contribution in [0.5, 0.6) is 0 Å². The number of nitrogens with one attached hydrogen (secondary N) is 1. The first-order valence-corrected chi connectivity index (χ1v) is 8.06. The summed E-state index contributed by atoms with van der Waals surface area (Å²) in [6.45, 7) is 2.27. The molecule has 1 aromatic rings. The number of hydrogen-bond acceptors (Lipinski definition) is 2. The summed E-state index contributed by atoms with van der Waals surface area (Å²) >= 11 is 9.21. The van der Waals surface area contributed by atoms with Crippen molar-refractivity contribution in [3.63, 3.8) is 0 Å². The third kappa shape index (κ3) is 4.95. The molecule has 3 nitrogen and oxygen atoms in total. The van der Waals surface area contributed by atoms with Crippen LogP contribution in [0.3, 0.4) is 0 Å². The molecule has 0 aliphatic heterocycles. The predicted octanol–water partition coefficient (Wildman–Crippen LogP) is 3.13. The fourth-order valence-electron chi connectivity index (χ4n) is 1.33. The van der Waals surface area contributed by atoms with E-state index in [0.29, 0.717) is 0 Å². The fraction of sp³-hybridized carbons (Fsp3) is 0.455. The minimum Gasteiger partial charge on any atom is -0.210 e. The topological polar surface area (TPSA) is 46.2 Å². The van der Waals surface area contributed by atoms with E-state index in [1.165, 1.54) is 0 Å². The van der Waals surface area contributed by atoms with Gasteiger partial charge in [0.1, 0.15) is 0 Å². The van der Waals surface area contributed by atoms with E-state index in [0.717, 1.165) is 17.3 Å². The second kappa shape index (κ2) is 6.73. The highest BCUT2D eigenvalue weighted by molar-refractivity contribution is 9.10. The third-order valence-corrected chi connectivity index (χ3v) is 4.49. The van der Waals surface area contributed by atoms with Gasteiger partial charge in [0, 0.05) is 16.4 Å². The number of rotatable bonds is 6. The van der Waals surface area contributed by atoms with Crippen LogP contribution in [-0.4, -0.2) is 20.3 Å². The Kier molecular flexibility index (Phi) is 5.92. The lowest BCUT2D eigenvalue weighted by Gasteiger charge is -2.10. The Labute approximate surface area is 116 Å². The first-order valence-electron chi connectivity index (χ1n) is 5.35. The Hall–Kier alpha value is -0.100. The quantitative estimate of drug-likeness (QED) is 0.809. The van der Waals surface area contributed by atoms with Crippen LogP contribution in [0.25, 0.3) is 0 Å². The molecule has 1 atom stereocenters. The van der Waals surface area contributed by atoms with Gasteiger partial charge in [-0.25, -0.2) is 13.1 Å². The molecule has 1 rings (SSSR count). The van der Waals surface area contributed by atoms with Gasteiger partial charge >= 0.3 is 0 Å². The van der Waals surface area contributed by atoms with Crippen LogP contribution < -0.4 is 4.72 Å². The van der Waals surface area contributed by atoms with Crippen molar-refractivity contribution >= 4 is 37.6 Å². The van der Waals surface area contributed by atoms with Crippen LogP contribution in [0.1, 0.15) is 19.8 Å². The SMILES string of the molecule is CCCC(Cl)CNS(=O)(=O)c1cccc(Br)c1. The lowest BCUT2D eigenvalue weighted by molar-refractivity contribution is 0.577. The van der Waals surface area contributed by atoms with E-state index in [1.807, 2.05) is 6.92 Å². The molecule has 6 heteroatoms. The number of alkyl halides is 1. The smallest absolute Gasteiger partial charge is 0.210 e. The van der Waals surface area contributed by atoms with Crippen LogP contribution >= 0.6 is 27.5 Å². The molecule has 1 aromatic carbocycles. The van der Waals surface area contributed by atoms with Crippen LogP contribution in [0.2, 0.25) is 0 Å². The van der Waals surface area contributed by atoms with Gasteiger partial charge in [-0.05, 0) is 24.6 Å². The molecule has 0 aromatic heterocycles. The van der Waals surface area contributed by atoms with Crippen molar-refractivity contribution in [3.05, 3.63) is 28.7 Å². The monoisotopic (exact) mass is 339 g/mol. The largest absolute Gasteiger partial charge is 0.240 e. The zero-order chi connectivity index (χ0) is 12.9. The number of hydrogen-bond donors (Lipinski definition) is 1. The van der Waals surface area contributed by atoms with Crippen molar-refractivity contribution in [1.82, 2.24) is 4.72 Å². The number of halogens is 2. The Bertz CT molecular complexity index is 464. The summed E-state index contributed by atoms with van der Waals surface area (Å²) in [7, 11) is -3.46. The molecule has 0 amide bonds. The van der Waals surface area contributed by atoms with Gasteiger partial charge in [0.05, 0.1) is 4.90 Å². The minimum atomic E-state index is -3.46. The molecule has 0 radical (unpaired) electrons. The highest BCUT2D eigenvalue weighted by Crippen LogP contribution is 2.16. The van der Waals surface area contributed by atoms with Crippen molar-refractivity contribution in [2.24, 2.45) is 0 Å². The van der Waals surface area contributed by atoms with Crippen LogP contribution in [0.15, 0.2) is 33.6 Å². The molecule has 1 N–H and O–H groups in total. The summed E-state index contributed by atoms with van der Waals surface area (Å²) < 4.78 is 27.0. The molecule has 1 unspecified atom stereocenters. The molecule has 0 saturated heterocycles. The maximum atomic E-state index is 11.9. The van der Waals surface area contributed by atoms with Gasteiger partial charge < -0.3 is 0 Å². The maximum absolute atomic E-state index is 11.9. The van der Waals surface area contributed by atoms with E-state index in [1.54, 1.807) is 24.3 Å². The molecule has 0 aliphatic carbocycles. The molecule has 0 fully saturated rings. The minimum absolute atomic E-state index is 0.165. The van der Waals surface area contributed by atoms with Gasteiger partial charge in [-0.3, -0.25) is 0 Å². The summed E-state index contributed by atoms with van der Waals surface area (Å²) in [4.78, 5) is 0.243. The first kappa shape index (κ1) is 15.0. The molecular weight excluding hydrogens is 326 g/mol. The lowest BCUT2D eigenvalue weighted by Crippen LogP contribution is -2.29. The molecule has 17 heavy (non-hydrogen) atoms. The van der Waals surface area contributed by atoms with Gasteiger partial charge in [0.2, 0.25) is 10.0 Å². The van der Waals surface area contributed by atoms with Crippen LogP contribution in [0.4, 0.5) is 0 Å².